The Hall–Kier alpha value is -2.62. The molecular weight excluding hydrogens is 372 g/mol. The molecule has 0 aromatic heterocycles. The van der Waals surface area contributed by atoms with Crippen LogP contribution in [0.15, 0.2) is 12.2 Å². The number of amides is 3. The molecule has 2 unspecified atom stereocenters. The molecule has 0 spiro atoms. The van der Waals surface area contributed by atoms with Crippen molar-refractivity contribution in [2.75, 3.05) is 19.6 Å². The summed E-state index contributed by atoms with van der Waals surface area (Å²) in [5.74, 6) is 1.42. The number of carbonyl (C=O) groups excluding carboxylic acids is 3. The van der Waals surface area contributed by atoms with Crippen molar-refractivity contribution in [3.05, 3.63) is 12.2 Å². The van der Waals surface area contributed by atoms with Gasteiger partial charge in [-0.15, -0.1) is 6.42 Å². The summed E-state index contributed by atoms with van der Waals surface area (Å²) in [5.41, 5.74) is 0. The minimum absolute atomic E-state index is 0.000993. The monoisotopic (exact) mass is 400 g/mol. The van der Waals surface area contributed by atoms with Gasteiger partial charge in [0.25, 0.3) is 0 Å². The van der Waals surface area contributed by atoms with Crippen LogP contribution in [0.4, 0.5) is 0 Å². The van der Waals surface area contributed by atoms with E-state index in [0.29, 0.717) is 13.1 Å². The minimum Gasteiger partial charge on any atom is -0.481 e. The van der Waals surface area contributed by atoms with E-state index in [1.54, 1.807) is 0 Å². The molecule has 7 heteroatoms. The lowest BCUT2D eigenvalue weighted by Gasteiger charge is -2.20. The number of rotatable bonds is 11. The van der Waals surface area contributed by atoms with Gasteiger partial charge in [-0.1, -0.05) is 30.9 Å². The van der Waals surface area contributed by atoms with Gasteiger partial charge in [-0.3, -0.25) is 24.1 Å². The van der Waals surface area contributed by atoms with Gasteiger partial charge >= 0.3 is 5.97 Å². The second-order valence-electron chi connectivity index (χ2n) is 8.16. The third-order valence-electron chi connectivity index (χ3n) is 6.31. The third-order valence-corrected chi connectivity index (χ3v) is 6.31. The van der Waals surface area contributed by atoms with Crippen LogP contribution in [0.5, 0.6) is 0 Å². The van der Waals surface area contributed by atoms with E-state index in [0.717, 1.165) is 32.1 Å². The zero-order valence-corrected chi connectivity index (χ0v) is 16.6. The molecule has 1 saturated carbocycles. The number of carbonyl (C=O) groups is 4. The number of hydrogen-bond donors (Lipinski definition) is 1. The van der Waals surface area contributed by atoms with Gasteiger partial charge in [0.15, 0.2) is 0 Å². The average molecular weight is 400 g/mol. The van der Waals surface area contributed by atoms with Crippen molar-refractivity contribution in [1.82, 2.24) is 9.80 Å². The number of nitrogens with zero attached hydrogens (tertiary/aromatic N) is 2. The molecule has 3 amide bonds. The van der Waals surface area contributed by atoms with Gasteiger partial charge in [-0.2, -0.15) is 0 Å². The van der Waals surface area contributed by atoms with E-state index in [1.165, 1.54) is 9.80 Å². The maximum Gasteiger partial charge on any atom is 0.303 e. The van der Waals surface area contributed by atoms with Crippen LogP contribution in [0.25, 0.3) is 0 Å². The second-order valence-corrected chi connectivity index (χ2v) is 8.16. The summed E-state index contributed by atoms with van der Waals surface area (Å²) in [6, 6.07) is 0. The van der Waals surface area contributed by atoms with Gasteiger partial charge in [0.05, 0.1) is 24.8 Å². The van der Waals surface area contributed by atoms with Gasteiger partial charge in [0.2, 0.25) is 17.7 Å². The number of likely N-dealkylation sites (tertiary alicyclic amines) is 1. The van der Waals surface area contributed by atoms with Gasteiger partial charge in [-0.25, -0.2) is 0 Å². The van der Waals surface area contributed by atoms with E-state index in [4.69, 9.17) is 11.5 Å². The van der Waals surface area contributed by atoms with Crippen LogP contribution in [-0.2, 0) is 19.2 Å². The Labute approximate surface area is 171 Å². The zero-order valence-electron chi connectivity index (χ0n) is 16.6. The van der Waals surface area contributed by atoms with Crippen LogP contribution < -0.4 is 0 Å². The van der Waals surface area contributed by atoms with Crippen LogP contribution in [0, 0.1) is 36.0 Å². The van der Waals surface area contributed by atoms with Crippen LogP contribution in [0.2, 0.25) is 0 Å². The highest BCUT2D eigenvalue weighted by Crippen LogP contribution is 2.52. The molecule has 0 aromatic rings. The molecule has 3 aliphatic rings. The summed E-state index contributed by atoms with van der Waals surface area (Å²) in [6.45, 7) is 1.13. The molecule has 156 valence electrons. The molecule has 0 aromatic carbocycles. The van der Waals surface area contributed by atoms with E-state index in [9.17, 15) is 19.2 Å². The number of terminal acetylenes is 1. The fraction of sp³-hybridized carbons (Fsp3) is 0.636. The van der Waals surface area contributed by atoms with Crippen molar-refractivity contribution in [3.8, 4) is 12.3 Å². The van der Waals surface area contributed by atoms with Crippen LogP contribution in [0.3, 0.4) is 0 Å². The van der Waals surface area contributed by atoms with E-state index in [-0.39, 0.29) is 60.8 Å². The molecule has 1 aliphatic heterocycles. The number of fused-ring (bicyclic) bond motifs is 5. The first-order chi connectivity index (χ1) is 13.9. The first-order valence-corrected chi connectivity index (χ1v) is 10.4. The summed E-state index contributed by atoms with van der Waals surface area (Å²) in [5, 5.41) is 8.69. The zero-order chi connectivity index (χ0) is 21.0. The van der Waals surface area contributed by atoms with Crippen molar-refractivity contribution >= 4 is 23.7 Å². The second kappa shape index (κ2) is 9.25. The number of carboxylic acid groups (broad SMARTS) is 1. The Morgan fingerprint density at radius 3 is 2.28 bits per heavy atom. The van der Waals surface area contributed by atoms with Crippen molar-refractivity contribution in [1.29, 1.82) is 0 Å². The van der Waals surface area contributed by atoms with Crippen LogP contribution in [-0.4, -0.2) is 58.2 Å². The van der Waals surface area contributed by atoms with Crippen LogP contribution in [0.1, 0.15) is 44.9 Å². The Bertz CT molecular complexity index is 723. The molecule has 2 bridgehead atoms. The number of imide groups is 1. The Morgan fingerprint density at radius 1 is 1.07 bits per heavy atom. The van der Waals surface area contributed by atoms with E-state index in [2.05, 4.69) is 18.1 Å². The highest BCUT2D eigenvalue weighted by Gasteiger charge is 2.58. The molecule has 2 aliphatic carbocycles. The van der Waals surface area contributed by atoms with E-state index >= 15 is 0 Å². The topological polar surface area (TPSA) is 95.0 Å². The number of unbranched alkanes of at least 4 members (excludes halogenated alkanes) is 3. The summed E-state index contributed by atoms with van der Waals surface area (Å²) in [6.07, 6.45) is 13.4. The lowest BCUT2D eigenvalue weighted by Crippen LogP contribution is -2.34. The fourth-order valence-electron chi connectivity index (χ4n) is 4.88. The Kier molecular flexibility index (Phi) is 6.73. The summed E-state index contributed by atoms with van der Waals surface area (Å²) in [7, 11) is 0. The van der Waals surface area contributed by atoms with Crippen molar-refractivity contribution in [2.24, 2.45) is 23.7 Å². The predicted octanol–water partition coefficient (Wildman–Crippen LogP) is 1.68. The number of allylic oxidation sites excluding steroid dienone is 2. The molecular formula is C22H28N2O5. The van der Waals surface area contributed by atoms with E-state index in [1.807, 2.05) is 0 Å². The van der Waals surface area contributed by atoms with Crippen molar-refractivity contribution in [3.63, 3.8) is 0 Å². The van der Waals surface area contributed by atoms with Gasteiger partial charge in [0, 0.05) is 19.5 Å². The highest BCUT2D eigenvalue weighted by atomic mass is 16.4. The maximum atomic E-state index is 12.6. The van der Waals surface area contributed by atoms with Crippen molar-refractivity contribution in [2.45, 2.75) is 44.9 Å². The minimum atomic E-state index is -1.00. The lowest BCUT2D eigenvalue weighted by atomic mass is 9.85. The molecule has 4 atom stereocenters. The Balaban J connectivity index is 1.35. The number of aliphatic carboxylic acids is 1. The molecule has 1 N–H and O–H groups in total. The molecule has 3 rings (SSSR count). The molecule has 7 nitrogen and oxygen atoms in total. The van der Waals surface area contributed by atoms with E-state index < -0.39 is 5.97 Å². The quantitative estimate of drug-likeness (QED) is 0.246. The number of hydrogen-bond acceptors (Lipinski definition) is 4. The van der Waals surface area contributed by atoms with Crippen LogP contribution >= 0.6 is 0 Å². The van der Waals surface area contributed by atoms with Crippen molar-refractivity contribution < 1.29 is 24.3 Å². The standard InChI is InChI=1S/C22H28N2O5/c1-2-11-23(17(25)9-10-18(26)27)12-5-3-4-6-13-24-21(28)19-15-7-8-16(14-15)20(19)22(24)29/h1,7-8,15-16,19-20H,3-6,9-14H2,(H,26,27)/t15-,16+,19?,20?. The summed E-state index contributed by atoms with van der Waals surface area (Å²) >= 11 is 0. The smallest absolute Gasteiger partial charge is 0.303 e. The normalized spacial score (nSPS) is 26.7. The molecule has 1 saturated heterocycles. The van der Waals surface area contributed by atoms with Gasteiger partial charge in [0.1, 0.15) is 0 Å². The van der Waals surface area contributed by atoms with Gasteiger partial charge < -0.3 is 10.0 Å². The maximum absolute atomic E-state index is 12.6. The highest BCUT2D eigenvalue weighted by molar-refractivity contribution is 6.06. The first-order valence-electron chi connectivity index (χ1n) is 10.4. The average Bonchev–Trinajstić information content (AvgIpc) is 3.37. The predicted molar refractivity (Wildman–Crippen MR) is 105 cm³/mol. The molecule has 29 heavy (non-hydrogen) atoms. The summed E-state index contributed by atoms with van der Waals surface area (Å²) < 4.78 is 0. The largest absolute Gasteiger partial charge is 0.481 e. The SMILES string of the molecule is C#CCN(CCCCCCN1C(=O)C2C(C1=O)[C@H]1C=C[C@@H]2C1)C(=O)CCC(=O)O. The third kappa shape index (κ3) is 4.52. The summed E-state index contributed by atoms with van der Waals surface area (Å²) in [4.78, 5) is 50.9. The lowest BCUT2D eigenvalue weighted by molar-refractivity contribution is -0.141. The number of carboxylic acids is 1. The molecule has 0 radical (unpaired) electrons. The molecule has 2 fully saturated rings. The first kappa shape index (κ1) is 21.1. The van der Waals surface area contributed by atoms with Gasteiger partial charge in [-0.05, 0) is 31.1 Å². The molecule has 1 heterocycles. The Morgan fingerprint density at radius 2 is 1.69 bits per heavy atom. The fourth-order valence-corrected chi connectivity index (χ4v) is 4.88.